The van der Waals surface area contributed by atoms with Crippen molar-refractivity contribution < 1.29 is 33.2 Å². The number of unbranched alkanes of at least 4 members (excludes halogenated alkanes) is 1. The van der Waals surface area contributed by atoms with Crippen molar-refractivity contribution >= 4 is 0 Å². The summed E-state index contributed by atoms with van der Waals surface area (Å²) in [6.07, 6.45) is 7.77. The van der Waals surface area contributed by atoms with Crippen molar-refractivity contribution in [3.05, 3.63) is 96.1 Å². The van der Waals surface area contributed by atoms with Crippen LogP contribution in [0, 0.1) is 0 Å². The van der Waals surface area contributed by atoms with Crippen LogP contribution in [0.3, 0.4) is 0 Å². The Bertz CT molecular complexity index is 1140. The van der Waals surface area contributed by atoms with E-state index in [0.717, 1.165) is 53.9 Å². The number of rotatable bonds is 19. The van der Waals surface area contributed by atoms with Gasteiger partial charge in [-0.05, 0) is 67.2 Å². The fourth-order valence-corrected chi connectivity index (χ4v) is 5.04. The van der Waals surface area contributed by atoms with Gasteiger partial charge in [0.2, 0.25) is 5.79 Å². The van der Waals surface area contributed by atoms with Gasteiger partial charge in [-0.15, -0.1) is 0 Å². The van der Waals surface area contributed by atoms with Gasteiger partial charge < -0.3 is 33.2 Å². The molecule has 3 rings (SSSR count). The van der Waals surface area contributed by atoms with Gasteiger partial charge in [0.05, 0.1) is 52.4 Å². The van der Waals surface area contributed by atoms with Crippen molar-refractivity contribution in [3.8, 4) is 11.5 Å². The maximum Gasteiger partial charge on any atom is 0.217 e. The predicted molar refractivity (Wildman–Crippen MR) is 170 cm³/mol. The van der Waals surface area contributed by atoms with E-state index in [-0.39, 0.29) is 18.3 Å². The normalized spacial score (nSPS) is 20.2. The van der Waals surface area contributed by atoms with Crippen molar-refractivity contribution in [2.75, 3.05) is 34.5 Å². The van der Waals surface area contributed by atoms with Crippen molar-refractivity contribution in [1.82, 2.24) is 0 Å². The average molecular weight is 595 g/mol. The Morgan fingerprint density at radius 1 is 0.977 bits per heavy atom. The third kappa shape index (κ3) is 10.3. The summed E-state index contributed by atoms with van der Waals surface area (Å²) < 4.78 is 41.6. The van der Waals surface area contributed by atoms with Crippen LogP contribution in [0.1, 0.15) is 57.1 Å². The molecule has 1 heterocycles. The minimum Gasteiger partial charge on any atom is -0.497 e. The molecule has 43 heavy (non-hydrogen) atoms. The Kier molecular flexibility index (Phi) is 14.5. The first-order valence-corrected chi connectivity index (χ1v) is 15.2. The molecule has 0 aliphatic carbocycles. The monoisotopic (exact) mass is 594 g/mol. The van der Waals surface area contributed by atoms with Gasteiger partial charge in [-0.2, -0.15) is 0 Å². The minimum atomic E-state index is -1.11. The summed E-state index contributed by atoms with van der Waals surface area (Å²) in [5, 5.41) is 0. The number of ether oxygens (including phenoxy) is 7. The van der Waals surface area contributed by atoms with Gasteiger partial charge in [0.1, 0.15) is 11.5 Å². The first-order valence-electron chi connectivity index (χ1n) is 15.2. The molecule has 0 radical (unpaired) electrons. The smallest absolute Gasteiger partial charge is 0.217 e. The minimum absolute atomic E-state index is 0.0959. The lowest BCUT2D eigenvalue weighted by atomic mass is 9.88. The molecule has 2 aromatic carbocycles. The van der Waals surface area contributed by atoms with E-state index in [9.17, 15) is 0 Å². The van der Waals surface area contributed by atoms with Gasteiger partial charge in [0.25, 0.3) is 0 Å². The molecule has 1 aliphatic rings. The Morgan fingerprint density at radius 3 is 2.19 bits per heavy atom. The summed E-state index contributed by atoms with van der Waals surface area (Å²) in [7, 11) is 4.96. The highest BCUT2D eigenvalue weighted by Crippen LogP contribution is 2.40. The molecule has 0 amide bonds. The standard InChI is InChI=1S/C36H50O7/c1-8-9-23-41-29(4)35(42-26-31-15-20-33(38-6)21-16-31)24-34-17-12-28(3)36(39-7,43-34)27(2)11-10-22-40-25-30-13-18-32(37-5)19-14-30/h10-11,13-16,18-21,29,34-35H,2-3,8-9,12,17,22-26H2,1,4-7H3/b11-10+/t29-,34?,35-,36+/m1/s1. The highest BCUT2D eigenvalue weighted by molar-refractivity contribution is 5.35. The summed E-state index contributed by atoms with van der Waals surface area (Å²) >= 11 is 0. The summed E-state index contributed by atoms with van der Waals surface area (Å²) in [5.41, 5.74) is 3.68. The molecule has 1 fully saturated rings. The van der Waals surface area contributed by atoms with Crippen LogP contribution in [-0.4, -0.2) is 58.6 Å². The van der Waals surface area contributed by atoms with Gasteiger partial charge in [0.15, 0.2) is 0 Å². The molecule has 0 saturated carbocycles. The van der Waals surface area contributed by atoms with Gasteiger partial charge in [-0.25, -0.2) is 0 Å². The van der Waals surface area contributed by atoms with Crippen molar-refractivity contribution in [3.63, 3.8) is 0 Å². The highest BCUT2D eigenvalue weighted by atomic mass is 16.7. The molecule has 7 nitrogen and oxygen atoms in total. The van der Waals surface area contributed by atoms with Crippen LogP contribution in [0.2, 0.25) is 0 Å². The van der Waals surface area contributed by atoms with Crippen LogP contribution < -0.4 is 9.47 Å². The molecule has 0 spiro atoms. The molecule has 1 unspecified atom stereocenters. The second-order valence-electron chi connectivity index (χ2n) is 10.9. The molecule has 0 bridgehead atoms. The van der Waals surface area contributed by atoms with Gasteiger partial charge in [-0.1, -0.05) is 62.9 Å². The zero-order valence-corrected chi connectivity index (χ0v) is 26.6. The van der Waals surface area contributed by atoms with E-state index in [1.807, 2.05) is 60.7 Å². The van der Waals surface area contributed by atoms with E-state index in [1.54, 1.807) is 21.3 Å². The fourth-order valence-electron chi connectivity index (χ4n) is 5.04. The third-order valence-corrected chi connectivity index (χ3v) is 7.76. The summed E-state index contributed by atoms with van der Waals surface area (Å²) in [4.78, 5) is 0. The zero-order chi connectivity index (χ0) is 31.1. The number of hydrogen-bond acceptors (Lipinski definition) is 7. The molecule has 0 N–H and O–H groups in total. The second-order valence-corrected chi connectivity index (χ2v) is 10.9. The number of hydrogen-bond donors (Lipinski definition) is 0. The Hall–Kier alpha value is -2.94. The Labute approximate surface area is 258 Å². The van der Waals surface area contributed by atoms with Crippen LogP contribution in [0.15, 0.2) is 85.0 Å². The molecular weight excluding hydrogens is 544 g/mol. The zero-order valence-electron chi connectivity index (χ0n) is 26.6. The topological polar surface area (TPSA) is 64.6 Å². The van der Waals surface area contributed by atoms with Crippen LogP contribution in [0.5, 0.6) is 11.5 Å². The second kappa shape index (κ2) is 18.0. The molecule has 7 heteroatoms. The van der Waals surface area contributed by atoms with Crippen LogP contribution in [-0.2, 0) is 36.9 Å². The molecule has 2 aromatic rings. The van der Waals surface area contributed by atoms with Crippen LogP contribution >= 0.6 is 0 Å². The lowest BCUT2D eigenvalue weighted by Gasteiger charge is -2.43. The maximum atomic E-state index is 6.66. The number of methoxy groups -OCH3 is 3. The summed E-state index contributed by atoms with van der Waals surface area (Å²) in [6.45, 7) is 14.9. The van der Waals surface area contributed by atoms with Crippen molar-refractivity contribution in [2.24, 2.45) is 0 Å². The first-order chi connectivity index (χ1) is 20.8. The van der Waals surface area contributed by atoms with E-state index < -0.39 is 5.79 Å². The summed E-state index contributed by atoms with van der Waals surface area (Å²) in [6, 6.07) is 15.8. The molecule has 1 aliphatic heterocycles. The van der Waals surface area contributed by atoms with E-state index in [2.05, 4.69) is 27.0 Å². The van der Waals surface area contributed by atoms with Gasteiger partial charge in [0, 0.05) is 25.7 Å². The van der Waals surface area contributed by atoms with E-state index in [4.69, 9.17) is 33.2 Å². The van der Waals surface area contributed by atoms with Crippen molar-refractivity contribution in [2.45, 2.75) is 83.3 Å². The van der Waals surface area contributed by atoms with Crippen LogP contribution in [0.25, 0.3) is 0 Å². The highest BCUT2D eigenvalue weighted by Gasteiger charge is 2.43. The molecular formula is C36H50O7. The van der Waals surface area contributed by atoms with Crippen LogP contribution in [0.4, 0.5) is 0 Å². The molecule has 4 atom stereocenters. The third-order valence-electron chi connectivity index (χ3n) is 7.76. The predicted octanol–water partition coefficient (Wildman–Crippen LogP) is 7.59. The molecule has 236 valence electrons. The molecule has 0 aromatic heterocycles. The quantitative estimate of drug-likeness (QED) is 0.0943. The van der Waals surface area contributed by atoms with E-state index in [0.29, 0.717) is 38.4 Å². The largest absolute Gasteiger partial charge is 0.497 e. The lowest BCUT2D eigenvalue weighted by Crippen LogP contribution is -2.47. The Morgan fingerprint density at radius 2 is 1.60 bits per heavy atom. The fraction of sp³-hybridized carbons (Fsp3) is 0.500. The maximum absolute atomic E-state index is 6.66. The van der Waals surface area contributed by atoms with E-state index in [1.165, 1.54) is 0 Å². The summed E-state index contributed by atoms with van der Waals surface area (Å²) in [5.74, 6) is 0.535. The van der Waals surface area contributed by atoms with Crippen molar-refractivity contribution in [1.29, 1.82) is 0 Å². The molecule has 1 saturated heterocycles. The average Bonchev–Trinajstić information content (AvgIpc) is 3.04. The number of benzene rings is 2. The van der Waals surface area contributed by atoms with Gasteiger partial charge >= 0.3 is 0 Å². The van der Waals surface area contributed by atoms with Gasteiger partial charge in [-0.3, -0.25) is 0 Å². The SMILES string of the molecule is C=C(/C=C/COCc1ccc(OC)cc1)[C@]1(OC)OC(C[C@@H](OCc2ccc(OC)cc2)[C@@H](C)OCCCC)CCC1=C. The van der Waals surface area contributed by atoms with E-state index >= 15 is 0 Å². The Balaban J connectivity index is 1.61. The lowest BCUT2D eigenvalue weighted by molar-refractivity contribution is -0.221. The first kappa shape index (κ1) is 34.5.